The average molecular weight is 184 g/mol. The van der Waals surface area contributed by atoms with Gasteiger partial charge in [-0.1, -0.05) is 0 Å². The second kappa shape index (κ2) is 4.08. The van der Waals surface area contributed by atoms with E-state index in [1.165, 1.54) is 10.4 Å². The SMILES string of the molecule is Cc1ccsc1CN=C(N)NN. The fraction of sp³-hybridized carbons (Fsp3) is 0.286. The molecule has 66 valence electrons. The third-order valence-electron chi connectivity index (χ3n) is 1.51. The van der Waals surface area contributed by atoms with Gasteiger partial charge in [0, 0.05) is 4.88 Å². The standard InChI is InChI=1S/C7H12N4S/c1-5-2-3-12-6(5)4-10-7(8)11-9/h2-3H,4,9H2,1H3,(H3,8,10,11). The van der Waals surface area contributed by atoms with Crippen molar-refractivity contribution >= 4 is 17.3 Å². The lowest BCUT2D eigenvalue weighted by Crippen LogP contribution is -2.37. The zero-order valence-corrected chi connectivity index (χ0v) is 7.69. The molecule has 0 saturated carbocycles. The molecule has 0 radical (unpaired) electrons. The molecule has 0 amide bonds. The number of nitrogens with zero attached hydrogens (tertiary/aromatic N) is 1. The Morgan fingerprint density at radius 1 is 1.75 bits per heavy atom. The summed E-state index contributed by atoms with van der Waals surface area (Å²) < 4.78 is 0. The fourth-order valence-electron chi connectivity index (χ4n) is 0.769. The zero-order chi connectivity index (χ0) is 8.97. The van der Waals surface area contributed by atoms with Crippen LogP contribution in [-0.2, 0) is 6.54 Å². The highest BCUT2D eigenvalue weighted by molar-refractivity contribution is 7.10. The van der Waals surface area contributed by atoms with Gasteiger partial charge in [-0.15, -0.1) is 11.3 Å². The molecule has 0 aliphatic rings. The van der Waals surface area contributed by atoms with E-state index < -0.39 is 0 Å². The van der Waals surface area contributed by atoms with E-state index in [-0.39, 0.29) is 5.96 Å². The van der Waals surface area contributed by atoms with Gasteiger partial charge in [-0.25, -0.2) is 10.8 Å². The van der Waals surface area contributed by atoms with E-state index in [0.717, 1.165) is 0 Å². The lowest BCUT2D eigenvalue weighted by molar-refractivity contribution is 0.963. The molecule has 1 aromatic rings. The summed E-state index contributed by atoms with van der Waals surface area (Å²) in [5, 5.41) is 2.03. The van der Waals surface area contributed by atoms with Gasteiger partial charge in [0.25, 0.3) is 0 Å². The van der Waals surface area contributed by atoms with Crippen molar-refractivity contribution in [3.8, 4) is 0 Å². The number of rotatable bonds is 2. The van der Waals surface area contributed by atoms with Crippen molar-refractivity contribution in [3.05, 3.63) is 21.9 Å². The Hall–Kier alpha value is -1.07. The van der Waals surface area contributed by atoms with E-state index in [2.05, 4.69) is 16.5 Å². The number of hydrogen-bond donors (Lipinski definition) is 3. The molecular formula is C7H12N4S. The Balaban J connectivity index is 2.59. The topological polar surface area (TPSA) is 76.4 Å². The molecule has 0 bridgehead atoms. The average Bonchev–Trinajstić information content (AvgIpc) is 2.47. The highest BCUT2D eigenvalue weighted by Crippen LogP contribution is 2.15. The number of hydrogen-bond acceptors (Lipinski definition) is 3. The minimum atomic E-state index is 0.266. The van der Waals surface area contributed by atoms with E-state index in [0.29, 0.717) is 6.54 Å². The van der Waals surface area contributed by atoms with E-state index in [1.54, 1.807) is 11.3 Å². The monoisotopic (exact) mass is 184 g/mol. The van der Waals surface area contributed by atoms with Gasteiger partial charge < -0.3 is 5.73 Å². The molecule has 0 aromatic carbocycles. The van der Waals surface area contributed by atoms with Crippen LogP contribution >= 0.6 is 11.3 Å². The molecule has 12 heavy (non-hydrogen) atoms. The first kappa shape index (κ1) is 9.02. The number of nitrogens with two attached hydrogens (primary N) is 2. The molecule has 0 spiro atoms. The van der Waals surface area contributed by atoms with Gasteiger partial charge in [0.1, 0.15) is 0 Å². The van der Waals surface area contributed by atoms with Crippen LogP contribution in [0.15, 0.2) is 16.4 Å². The van der Waals surface area contributed by atoms with Gasteiger partial charge in [0.15, 0.2) is 0 Å². The second-order valence-electron chi connectivity index (χ2n) is 2.37. The summed E-state index contributed by atoms with van der Waals surface area (Å²) in [7, 11) is 0. The third-order valence-corrected chi connectivity index (χ3v) is 2.52. The number of thiophene rings is 1. The van der Waals surface area contributed by atoms with Crippen LogP contribution in [0.2, 0.25) is 0 Å². The third kappa shape index (κ3) is 2.21. The highest BCUT2D eigenvalue weighted by Gasteiger charge is 1.97. The quantitative estimate of drug-likeness (QED) is 0.268. The summed E-state index contributed by atoms with van der Waals surface area (Å²) in [4.78, 5) is 5.23. The maximum atomic E-state index is 5.36. The maximum Gasteiger partial charge on any atom is 0.203 e. The highest BCUT2D eigenvalue weighted by atomic mass is 32.1. The van der Waals surface area contributed by atoms with Gasteiger partial charge >= 0.3 is 0 Å². The van der Waals surface area contributed by atoms with Gasteiger partial charge in [-0.2, -0.15) is 0 Å². The molecule has 0 unspecified atom stereocenters. The van der Waals surface area contributed by atoms with Crippen molar-refractivity contribution in [2.24, 2.45) is 16.6 Å². The largest absolute Gasteiger partial charge is 0.369 e. The van der Waals surface area contributed by atoms with Crippen LogP contribution in [0.5, 0.6) is 0 Å². The van der Waals surface area contributed by atoms with Gasteiger partial charge in [0.05, 0.1) is 6.54 Å². The number of hydrazine groups is 1. The molecular weight excluding hydrogens is 172 g/mol. The minimum absolute atomic E-state index is 0.266. The molecule has 5 heteroatoms. The predicted octanol–water partition coefficient (Wildman–Crippen LogP) is 0.335. The summed E-state index contributed by atoms with van der Waals surface area (Å²) in [6.07, 6.45) is 0. The molecule has 5 N–H and O–H groups in total. The van der Waals surface area contributed by atoms with Gasteiger partial charge in [-0.05, 0) is 23.9 Å². The van der Waals surface area contributed by atoms with Crippen LogP contribution < -0.4 is 17.0 Å². The Bertz CT molecular complexity index is 279. The van der Waals surface area contributed by atoms with Crippen LogP contribution in [0.1, 0.15) is 10.4 Å². The summed E-state index contributed by atoms with van der Waals surface area (Å²) in [5.74, 6) is 5.31. The van der Waals surface area contributed by atoms with E-state index >= 15 is 0 Å². The number of aliphatic imine (C=N–C) groups is 1. The molecule has 4 nitrogen and oxygen atoms in total. The summed E-state index contributed by atoms with van der Waals surface area (Å²) in [6.45, 7) is 2.65. The number of aryl methyl sites for hydroxylation is 1. The van der Waals surface area contributed by atoms with Crippen molar-refractivity contribution in [3.63, 3.8) is 0 Å². The van der Waals surface area contributed by atoms with Crippen LogP contribution in [0.3, 0.4) is 0 Å². The molecule has 1 aromatic heterocycles. The Kier molecular flexibility index (Phi) is 3.07. The molecule has 1 rings (SSSR count). The lowest BCUT2D eigenvalue weighted by Gasteiger charge is -1.97. The van der Waals surface area contributed by atoms with Gasteiger partial charge in [-0.3, -0.25) is 5.43 Å². The van der Waals surface area contributed by atoms with E-state index in [1.807, 2.05) is 12.3 Å². The van der Waals surface area contributed by atoms with Crippen molar-refractivity contribution in [2.45, 2.75) is 13.5 Å². The number of nitrogens with one attached hydrogen (secondary N) is 1. The van der Waals surface area contributed by atoms with Crippen molar-refractivity contribution in [1.82, 2.24) is 5.43 Å². The number of guanidine groups is 1. The molecule has 0 aliphatic heterocycles. The lowest BCUT2D eigenvalue weighted by atomic mass is 10.3. The normalized spacial score (nSPS) is 11.7. The first-order valence-electron chi connectivity index (χ1n) is 3.53. The van der Waals surface area contributed by atoms with Crippen molar-refractivity contribution < 1.29 is 0 Å². The smallest absolute Gasteiger partial charge is 0.203 e. The van der Waals surface area contributed by atoms with Crippen LogP contribution in [0.4, 0.5) is 0 Å². The van der Waals surface area contributed by atoms with Crippen molar-refractivity contribution in [1.29, 1.82) is 0 Å². The molecule has 0 atom stereocenters. The summed E-state index contributed by atoms with van der Waals surface area (Å²) in [6, 6.07) is 2.06. The van der Waals surface area contributed by atoms with Crippen molar-refractivity contribution in [2.75, 3.05) is 0 Å². The maximum absolute atomic E-state index is 5.36. The molecule has 1 heterocycles. The predicted molar refractivity (Wildman–Crippen MR) is 51.7 cm³/mol. The first-order valence-corrected chi connectivity index (χ1v) is 4.41. The Morgan fingerprint density at radius 3 is 3.00 bits per heavy atom. The molecule has 0 fully saturated rings. The van der Waals surface area contributed by atoms with Gasteiger partial charge in [0.2, 0.25) is 5.96 Å². The Morgan fingerprint density at radius 2 is 2.50 bits per heavy atom. The zero-order valence-electron chi connectivity index (χ0n) is 6.87. The summed E-state index contributed by atoms with van der Waals surface area (Å²) >= 11 is 1.67. The second-order valence-corrected chi connectivity index (χ2v) is 3.37. The fourth-order valence-corrected chi connectivity index (χ4v) is 1.60. The minimum Gasteiger partial charge on any atom is -0.369 e. The van der Waals surface area contributed by atoms with Crippen LogP contribution in [-0.4, -0.2) is 5.96 Å². The molecule has 0 saturated heterocycles. The van der Waals surface area contributed by atoms with Crippen LogP contribution in [0, 0.1) is 6.92 Å². The Labute approximate surface area is 75.3 Å². The van der Waals surface area contributed by atoms with E-state index in [9.17, 15) is 0 Å². The molecule has 0 aliphatic carbocycles. The van der Waals surface area contributed by atoms with E-state index in [4.69, 9.17) is 11.6 Å². The summed E-state index contributed by atoms with van der Waals surface area (Å²) in [5.41, 5.74) is 8.88. The van der Waals surface area contributed by atoms with Crippen LogP contribution in [0.25, 0.3) is 0 Å². The first-order chi connectivity index (χ1) is 5.74.